The summed E-state index contributed by atoms with van der Waals surface area (Å²) in [7, 11) is 4.38. The van der Waals surface area contributed by atoms with Gasteiger partial charge in [0, 0.05) is 20.6 Å². The molecule has 0 aliphatic rings. The maximum Gasteiger partial charge on any atom is 0.343 e. The van der Waals surface area contributed by atoms with Crippen LogP contribution in [0.4, 0.5) is 0 Å². The summed E-state index contributed by atoms with van der Waals surface area (Å²) >= 11 is 9.24. The Morgan fingerprint density at radius 3 is 2.12 bits per heavy atom. The van der Waals surface area contributed by atoms with Gasteiger partial charge in [-0.15, -0.1) is 0 Å². The van der Waals surface area contributed by atoms with Gasteiger partial charge in [0.1, 0.15) is 5.75 Å². The molecule has 8 nitrogen and oxygen atoms in total. The van der Waals surface area contributed by atoms with Crippen LogP contribution in [0, 0.1) is 0 Å². The molecule has 0 fully saturated rings. The molecule has 0 heterocycles. The van der Waals surface area contributed by atoms with Gasteiger partial charge in [-0.25, -0.2) is 10.2 Å². The van der Waals surface area contributed by atoms with Gasteiger partial charge in [-0.1, -0.05) is 27.5 Å². The quantitative estimate of drug-likeness (QED) is 0.182. The standard InChI is InChI=1S/C24H20BrClN2O6/c1-31-20-11-15(12-21(32-2)22(20)33-3)23(29)28-27-13-16-10-17(25)6-9-19(16)34-24(30)14-4-7-18(26)8-5-14/h4-13H,1-3H3,(H,28,29)/b27-13-. The van der Waals surface area contributed by atoms with E-state index in [4.69, 9.17) is 30.5 Å². The number of benzene rings is 3. The van der Waals surface area contributed by atoms with Gasteiger partial charge in [0.2, 0.25) is 5.75 Å². The fourth-order valence-electron chi connectivity index (χ4n) is 2.90. The molecule has 1 N–H and O–H groups in total. The number of rotatable bonds is 8. The Hall–Kier alpha value is -3.56. The maximum atomic E-state index is 12.6. The third-order valence-electron chi connectivity index (χ3n) is 4.55. The molecule has 176 valence electrons. The molecule has 1 amide bonds. The Kier molecular flexibility index (Phi) is 8.50. The van der Waals surface area contributed by atoms with Crippen LogP contribution in [0.5, 0.6) is 23.0 Å². The average Bonchev–Trinajstić information content (AvgIpc) is 2.84. The number of carbonyl (C=O) groups is 2. The van der Waals surface area contributed by atoms with Crippen molar-refractivity contribution in [2.75, 3.05) is 21.3 Å². The van der Waals surface area contributed by atoms with Crippen molar-refractivity contribution in [2.45, 2.75) is 0 Å². The molecule has 3 rings (SSSR count). The lowest BCUT2D eigenvalue weighted by Crippen LogP contribution is -2.18. The monoisotopic (exact) mass is 546 g/mol. The lowest BCUT2D eigenvalue weighted by Gasteiger charge is -2.13. The normalized spacial score (nSPS) is 10.6. The lowest BCUT2D eigenvalue weighted by atomic mass is 10.1. The van der Waals surface area contributed by atoms with Crippen LogP contribution in [0.25, 0.3) is 0 Å². The number of ether oxygens (including phenoxy) is 4. The van der Waals surface area contributed by atoms with Gasteiger partial charge < -0.3 is 18.9 Å². The lowest BCUT2D eigenvalue weighted by molar-refractivity contribution is 0.0734. The van der Waals surface area contributed by atoms with Crippen molar-refractivity contribution in [3.05, 3.63) is 80.8 Å². The summed E-state index contributed by atoms with van der Waals surface area (Å²) in [4.78, 5) is 25.1. The van der Waals surface area contributed by atoms with E-state index in [9.17, 15) is 9.59 Å². The highest BCUT2D eigenvalue weighted by molar-refractivity contribution is 9.10. The number of methoxy groups -OCH3 is 3. The second-order valence-corrected chi connectivity index (χ2v) is 8.04. The highest BCUT2D eigenvalue weighted by Gasteiger charge is 2.17. The van der Waals surface area contributed by atoms with Crippen molar-refractivity contribution < 1.29 is 28.5 Å². The van der Waals surface area contributed by atoms with E-state index in [0.29, 0.717) is 33.4 Å². The summed E-state index contributed by atoms with van der Waals surface area (Å²) in [6, 6.07) is 14.4. The highest BCUT2D eigenvalue weighted by atomic mass is 79.9. The van der Waals surface area contributed by atoms with Crippen LogP contribution in [0.3, 0.4) is 0 Å². The van der Waals surface area contributed by atoms with Gasteiger partial charge in [-0.05, 0) is 54.6 Å². The van der Waals surface area contributed by atoms with E-state index in [1.54, 1.807) is 42.5 Å². The van der Waals surface area contributed by atoms with Crippen molar-refractivity contribution in [3.63, 3.8) is 0 Å². The van der Waals surface area contributed by atoms with E-state index in [-0.39, 0.29) is 11.3 Å². The Morgan fingerprint density at radius 1 is 0.882 bits per heavy atom. The zero-order valence-electron chi connectivity index (χ0n) is 18.4. The number of halogens is 2. The summed E-state index contributed by atoms with van der Waals surface area (Å²) in [5.74, 6) is 0.222. The second-order valence-electron chi connectivity index (χ2n) is 6.69. The molecular formula is C24H20BrClN2O6. The molecule has 3 aromatic carbocycles. The van der Waals surface area contributed by atoms with Gasteiger partial charge >= 0.3 is 5.97 Å². The number of nitrogens with zero attached hydrogens (tertiary/aromatic N) is 1. The molecule has 10 heteroatoms. The molecule has 0 aliphatic carbocycles. The predicted octanol–water partition coefficient (Wildman–Crippen LogP) is 5.11. The molecule has 0 radical (unpaired) electrons. The molecule has 0 aliphatic heterocycles. The van der Waals surface area contributed by atoms with E-state index >= 15 is 0 Å². The fourth-order valence-corrected chi connectivity index (χ4v) is 3.40. The van der Waals surface area contributed by atoms with Crippen molar-refractivity contribution in [3.8, 4) is 23.0 Å². The first-order valence-corrected chi connectivity index (χ1v) is 10.9. The molecular weight excluding hydrogens is 528 g/mol. The molecule has 0 bridgehead atoms. The van der Waals surface area contributed by atoms with Gasteiger partial charge in [-0.3, -0.25) is 4.79 Å². The first kappa shape index (κ1) is 25.1. The summed E-state index contributed by atoms with van der Waals surface area (Å²) in [6.45, 7) is 0. The van der Waals surface area contributed by atoms with Crippen molar-refractivity contribution >= 4 is 45.6 Å². The highest BCUT2D eigenvalue weighted by Crippen LogP contribution is 2.38. The molecule has 0 aromatic heterocycles. The van der Waals surface area contributed by atoms with Gasteiger partial charge in [0.25, 0.3) is 5.91 Å². The minimum atomic E-state index is -0.560. The minimum absolute atomic E-state index is 0.246. The zero-order chi connectivity index (χ0) is 24.7. The average molecular weight is 548 g/mol. The van der Waals surface area contributed by atoms with Crippen molar-refractivity contribution in [2.24, 2.45) is 5.10 Å². The van der Waals surface area contributed by atoms with Gasteiger partial charge in [-0.2, -0.15) is 5.10 Å². The van der Waals surface area contributed by atoms with E-state index in [1.807, 2.05) is 0 Å². The zero-order valence-corrected chi connectivity index (χ0v) is 20.8. The van der Waals surface area contributed by atoms with Crippen LogP contribution in [0.15, 0.2) is 64.2 Å². The van der Waals surface area contributed by atoms with E-state index < -0.39 is 11.9 Å². The largest absolute Gasteiger partial charge is 0.493 e. The summed E-state index contributed by atoms with van der Waals surface area (Å²) in [6.07, 6.45) is 1.37. The molecule has 0 saturated carbocycles. The fraction of sp³-hybridized carbons (Fsp3) is 0.125. The van der Waals surface area contributed by atoms with Crippen LogP contribution in [-0.2, 0) is 0 Å². The Balaban J connectivity index is 1.78. The Morgan fingerprint density at radius 2 is 1.53 bits per heavy atom. The van der Waals surface area contributed by atoms with Gasteiger partial charge in [0.05, 0.1) is 33.1 Å². The molecule has 3 aromatic rings. The first-order chi connectivity index (χ1) is 16.4. The summed E-state index contributed by atoms with van der Waals surface area (Å²) < 4.78 is 22.0. The number of esters is 1. The Bertz CT molecular complexity index is 1210. The maximum absolute atomic E-state index is 12.6. The van der Waals surface area contributed by atoms with Crippen LogP contribution in [0.2, 0.25) is 5.02 Å². The topological polar surface area (TPSA) is 95.5 Å². The third kappa shape index (κ3) is 6.06. The number of hydrogen-bond acceptors (Lipinski definition) is 7. The van der Waals surface area contributed by atoms with Crippen LogP contribution < -0.4 is 24.4 Å². The van der Waals surface area contributed by atoms with Crippen LogP contribution in [-0.4, -0.2) is 39.4 Å². The third-order valence-corrected chi connectivity index (χ3v) is 5.30. The van der Waals surface area contributed by atoms with Gasteiger partial charge in [0.15, 0.2) is 11.5 Å². The van der Waals surface area contributed by atoms with Crippen molar-refractivity contribution in [1.82, 2.24) is 5.43 Å². The number of carbonyl (C=O) groups excluding carboxylic acids is 2. The molecule has 34 heavy (non-hydrogen) atoms. The number of hydrazone groups is 1. The summed E-state index contributed by atoms with van der Waals surface area (Å²) in [5, 5.41) is 4.51. The molecule has 0 atom stereocenters. The van der Waals surface area contributed by atoms with E-state index in [1.165, 1.54) is 39.7 Å². The second kappa shape index (κ2) is 11.5. The number of amides is 1. The SMILES string of the molecule is COc1cc(C(=O)N/N=C\c2cc(Br)ccc2OC(=O)c2ccc(Cl)cc2)cc(OC)c1OC. The summed E-state index contributed by atoms with van der Waals surface area (Å²) in [5.41, 5.74) is 3.48. The number of nitrogens with one attached hydrogen (secondary N) is 1. The molecule has 0 unspecified atom stereocenters. The van der Waals surface area contributed by atoms with Crippen molar-refractivity contribution in [1.29, 1.82) is 0 Å². The molecule has 0 spiro atoms. The first-order valence-electron chi connectivity index (χ1n) is 9.77. The minimum Gasteiger partial charge on any atom is -0.493 e. The van der Waals surface area contributed by atoms with Crippen LogP contribution in [0.1, 0.15) is 26.3 Å². The van der Waals surface area contributed by atoms with Crippen LogP contribution >= 0.6 is 27.5 Å². The number of hydrogen-bond donors (Lipinski definition) is 1. The van der Waals surface area contributed by atoms with E-state index in [2.05, 4.69) is 26.5 Å². The molecule has 0 saturated heterocycles. The Labute approximate surface area is 209 Å². The van der Waals surface area contributed by atoms with E-state index in [0.717, 1.165) is 4.47 Å². The smallest absolute Gasteiger partial charge is 0.343 e. The predicted molar refractivity (Wildman–Crippen MR) is 132 cm³/mol.